The van der Waals surface area contributed by atoms with Crippen LogP contribution in [0.5, 0.6) is 0 Å². The summed E-state index contributed by atoms with van der Waals surface area (Å²) in [5.74, 6) is -0.580. The minimum atomic E-state index is -0.814. The van der Waals surface area contributed by atoms with E-state index in [4.69, 9.17) is 4.74 Å². The van der Waals surface area contributed by atoms with Crippen molar-refractivity contribution in [1.29, 1.82) is 0 Å². The van der Waals surface area contributed by atoms with Gasteiger partial charge in [-0.15, -0.1) is 0 Å². The van der Waals surface area contributed by atoms with Gasteiger partial charge in [0.05, 0.1) is 12.0 Å². The van der Waals surface area contributed by atoms with Gasteiger partial charge in [0.2, 0.25) is 5.91 Å². The number of esters is 1. The molecule has 22 heavy (non-hydrogen) atoms. The highest BCUT2D eigenvalue weighted by Crippen LogP contribution is 2.19. The minimum Gasteiger partial charge on any atom is -0.460 e. The van der Waals surface area contributed by atoms with Crippen molar-refractivity contribution in [2.45, 2.75) is 78.9 Å². The first-order chi connectivity index (χ1) is 9.80. The van der Waals surface area contributed by atoms with Crippen LogP contribution in [0, 0.1) is 11.8 Å². The van der Waals surface area contributed by atoms with Gasteiger partial charge in [0.15, 0.2) is 0 Å². The van der Waals surface area contributed by atoms with E-state index in [0.29, 0.717) is 25.3 Å². The predicted octanol–water partition coefficient (Wildman–Crippen LogP) is 2.66. The van der Waals surface area contributed by atoms with Crippen LogP contribution < -0.4 is 5.32 Å². The van der Waals surface area contributed by atoms with Crippen molar-refractivity contribution in [2.24, 2.45) is 11.8 Å². The number of carbonyl (C=O) groups excluding carboxylic acids is 2. The van der Waals surface area contributed by atoms with Crippen molar-refractivity contribution in [3.05, 3.63) is 0 Å². The summed E-state index contributed by atoms with van der Waals surface area (Å²) in [6.45, 7) is 13.3. The first kappa shape index (κ1) is 20.9. The molecule has 0 aliphatic heterocycles. The maximum absolute atomic E-state index is 12.3. The number of hydrogen-bond acceptors (Lipinski definition) is 4. The summed E-state index contributed by atoms with van der Waals surface area (Å²) >= 11 is 0. The monoisotopic (exact) mass is 315 g/mol. The molecule has 0 aromatic rings. The molecule has 2 N–H and O–H groups in total. The smallest absolute Gasteiger partial charge is 0.307 e. The SMILES string of the molecule is CC(C)C[C@H](CC(=O)OC(C)(C)C)C(=O)NCCC(C)(C)O. The number of ether oxygens (including phenoxy) is 1. The van der Waals surface area contributed by atoms with E-state index in [0.717, 1.165) is 0 Å². The fourth-order valence-corrected chi connectivity index (χ4v) is 2.07. The molecule has 1 atom stereocenters. The second-order valence-corrected chi connectivity index (χ2v) is 7.97. The molecular weight excluding hydrogens is 282 g/mol. The Bertz CT molecular complexity index is 364. The Morgan fingerprint density at radius 3 is 2.09 bits per heavy atom. The number of aliphatic hydroxyl groups is 1. The molecule has 0 aliphatic rings. The van der Waals surface area contributed by atoms with E-state index >= 15 is 0 Å². The Kier molecular flexibility index (Phi) is 8.09. The zero-order chi connectivity index (χ0) is 17.6. The van der Waals surface area contributed by atoms with E-state index in [1.54, 1.807) is 13.8 Å². The van der Waals surface area contributed by atoms with E-state index in [1.165, 1.54) is 0 Å². The van der Waals surface area contributed by atoms with Gasteiger partial charge >= 0.3 is 5.97 Å². The molecular formula is C17H33NO4. The molecule has 0 fully saturated rings. The molecule has 0 heterocycles. The lowest BCUT2D eigenvalue weighted by Gasteiger charge is -2.23. The van der Waals surface area contributed by atoms with E-state index in [2.05, 4.69) is 5.32 Å². The molecule has 5 nitrogen and oxygen atoms in total. The third kappa shape index (κ3) is 11.5. The van der Waals surface area contributed by atoms with Crippen LogP contribution in [0.25, 0.3) is 0 Å². The Morgan fingerprint density at radius 1 is 1.14 bits per heavy atom. The van der Waals surface area contributed by atoms with Crippen LogP contribution in [0.15, 0.2) is 0 Å². The standard InChI is InChI=1S/C17H33NO4/c1-12(2)10-13(11-14(19)22-16(3,4)5)15(20)18-9-8-17(6,7)21/h12-13,21H,8-11H2,1-7H3,(H,18,20)/t13-/m1/s1. The van der Waals surface area contributed by atoms with Crippen LogP contribution in [0.1, 0.15) is 67.7 Å². The lowest BCUT2D eigenvalue weighted by Crippen LogP contribution is -2.37. The van der Waals surface area contributed by atoms with Crippen LogP contribution in [0.3, 0.4) is 0 Å². The van der Waals surface area contributed by atoms with Gasteiger partial charge in [-0.05, 0) is 53.4 Å². The van der Waals surface area contributed by atoms with E-state index in [9.17, 15) is 14.7 Å². The summed E-state index contributed by atoms with van der Waals surface area (Å²) in [6, 6.07) is 0. The summed E-state index contributed by atoms with van der Waals surface area (Å²) in [7, 11) is 0. The first-order valence-electron chi connectivity index (χ1n) is 8.02. The molecule has 0 bridgehead atoms. The van der Waals surface area contributed by atoms with E-state index in [1.807, 2.05) is 34.6 Å². The van der Waals surface area contributed by atoms with Crippen molar-refractivity contribution >= 4 is 11.9 Å². The van der Waals surface area contributed by atoms with Crippen molar-refractivity contribution in [2.75, 3.05) is 6.54 Å². The van der Waals surface area contributed by atoms with E-state index in [-0.39, 0.29) is 18.3 Å². The molecule has 0 saturated heterocycles. The maximum Gasteiger partial charge on any atom is 0.307 e. The summed E-state index contributed by atoms with van der Waals surface area (Å²) in [4.78, 5) is 24.2. The molecule has 0 spiro atoms. The van der Waals surface area contributed by atoms with Gasteiger partial charge < -0.3 is 15.2 Å². The Labute approximate surface area is 134 Å². The van der Waals surface area contributed by atoms with Crippen LogP contribution >= 0.6 is 0 Å². The highest BCUT2D eigenvalue weighted by Gasteiger charge is 2.26. The number of rotatable bonds is 8. The van der Waals surface area contributed by atoms with Crippen LogP contribution in [0.2, 0.25) is 0 Å². The minimum absolute atomic E-state index is 0.0871. The number of hydrogen-bond donors (Lipinski definition) is 2. The molecule has 0 saturated carbocycles. The Hall–Kier alpha value is -1.10. The lowest BCUT2D eigenvalue weighted by molar-refractivity contribution is -0.157. The third-order valence-electron chi connectivity index (χ3n) is 3.00. The fraction of sp³-hybridized carbons (Fsp3) is 0.882. The van der Waals surface area contributed by atoms with Gasteiger partial charge in [-0.2, -0.15) is 0 Å². The zero-order valence-corrected chi connectivity index (χ0v) is 15.2. The highest BCUT2D eigenvalue weighted by molar-refractivity contribution is 5.83. The van der Waals surface area contributed by atoms with Crippen LogP contribution in [-0.4, -0.2) is 34.7 Å². The molecule has 0 radical (unpaired) electrons. The predicted molar refractivity (Wildman–Crippen MR) is 87.3 cm³/mol. The molecule has 1 amide bonds. The Balaban J connectivity index is 4.56. The van der Waals surface area contributed by atoms with Crippen LogP contribution in [-0.2, 0) is 14.3 Å². The molecule has 0 aliphatic carbocycles. The van der Waals surface area contributed by atoms with Crippen molar-refractivity contribution in [3.63, 3.8) is 0 Å². The summed E-state index contributed by atoms with van der Waals surface area (Å²) in [5.41, 5.74) is -1.36. The maximum atomic E-state index is 12.3. The molecule has 0 rings (SSSR count). The highest BCUT2D eigenvalue weighted by atomic mass is 16.6. The summed E-state index contributed by atoms with van der Waals surface area (Å²) in [6.07, 6.45) is 1.19. The topological polar surface area (TPSA) is 75.6 Å². The Morgan fingerprint density at radius 2 is 1.68 bits per heavy atom. The fourth-order valence-electron chi connectivity index (χ4n) is 2.07. The third-order valence-corrected chi connectivity index (χ3v) is 3.00. The molecule has 130 valence electrons. The second kappa shape index (κ2) is 8.51. The quantitative estimate of drug-likeness (QED) is 0.675. The summed E-state index contributed by atoms with van der Waals surface area (Å²) in [5, 5.41) is 12.5. The van der Waals surface area contributed by atoms with Gasteiger partial charge in [-0.1, -0.05) is 13.8 Å². The average Bonchev–Trinajstić information content (AvgIpc) is 2.22. The molecule has 0 aromatic heterocycles. The molecule has 0 aromatic carbocycles. The average molecular weight is 315 g/mol. The second-order valence-electron chi connectivity index (χ2n) is 7.97. The molecule has 0 unspecified atom stereocenters. The van der Waals surface area contributed by atoms with Crippen molar-refractivity contribution in [1.82, 2.24) is 5.32 Å². The first-order valence-corrected chi connectivity index (χ1v) is 8.02. The van der Waals surface area contributed by atoms with Gasteiger partial charge in [0.1, 0.15) is 5.60 Å². The normalized spacial score (nSPS) is 13.9. The van der Waals surface area contributed by atoms with Gasteiger partial charge in [0.25, 0.3) is 0 Å². The number of nitrogens with one attached hydrogen (secondary N) is 1. The summed E-state index contributed by atoms with van der Waals surface area (Å²) < 4.78 is 5.30. The van der Waals surface area contributed by atoms with Gasteiger partial charge in [0, 0.05) is 12.5 Å². The molecule has 5 heteroatoms. The van der Waals surface area contributed by atoms with Crippen molar-refractivity contribution < 1.29 is 19.4 Å². The largest absolute Gasteiger partial charge is 0.460 e. The van der Waals surface area contributed by atoms with Gasteiger partial charge in [-0.3, -0.25) is 9.59 Å². The van der Waals surface area contributed by atoms with Gasteiger partial charge in [-0.25, -0.2) is 0 Å². The zero-order valence-electron chi connectivity index (χ0n) is 15.2. The van der Waals surface area contributed by atoms with Crippen molar-refractivity contribution in [3.8, 4) is 0 Å². The lowest BCUT2D eigenvalue weighted by atomic mass is 9.93. The van der Waals surface area contributed by atoms with E-state index < -0.39 is 17.1 Å². The number of amides is 1. The number of carbonyl (C=O) groups is 2. The van der Waals surface area contributed by atoms with Crippen LogP contribution in [0.4, 0.5) is 0 Å².